The summed E-state index contributed by atoms with van der Waals surface area (Å²) >= 11 is 1.88. The van der Waals surface area contributed by atoms with Crippen molar-refractivity contribution in [3.63, 3.8) is 0 Å². The van der Waals surface area contributed by atoms with Gasteiger partial charge in [-0.05, 0) is 154 Å². The van der Waals surface area contributed by atoms with Crippen LogP contribution in [0.1, 0.15) is 43.2 Å². The Morgan fingerprint density at radius 2 is 1.00 bits per heavy atom. The van der Waals surface area contributed by atoms with E-state index in [1.165, 1.54) is 108 Å². The van der Waals surface area contributed by atoms with Gasteiger partial charge >= 0.3 is 0 Å². The van der Waals surface area contributed by atoms with Gasteiger partial charge in [-0.2, -0.15) is 0 Å². The Morgan fingerprint density at radius 1 is 0.397 bits per heavy atom. The minimum Gasteiger partial charge on any atom is -0.310 e. The number of anilines is 3. The van der Waals surface area contributed by atoms with Crippen molar-refractivity contribution in [3.8, 4) is 33.4 Å². The monoisotopic (exact) mass is 761 g/mol. The van der Waals surface area contributed by atoms with Crippen molar-refractivity contribution < 1.29 is 0 Å². The lowest BCUT2D eigenvalue weighted by atomic mass is 9.43. The van der Waals surface area contributed by atoms with Gasteiger partial charge in [0.15, 0.2) is 0 Å². The molecule has 58 heavy (non-hydrogen) atoms. The van der Waals surface area contributed by atoms with Crippen molar-refractivity contribution in [3.05, 3.63) is 187 Å². The Labute approximate surface area is 344 Å². The molecule has 5 aliphatic rings. The Bertz CT molecular complexity index is 3050. The molecule has 5 aliphatic carbocycles. The molecule has 14 rings (SSSR count). The lowest BCUT2D eigenvalue weighted by Gasteiger charge is -2.61. The molecule has 0 unspecified atom stereocenters. The van der Waals surface area contributed by atoms with E-state index in [0.29, 0.717) is 0 Å². The van der Waals surface area contributed by atoms with E-state index in [1.807, 2.05) is 11.3 Å². The van der Waals surface area contributed by atoms with Crippen LogP contribution in [0.4, 0.5) is 17.1 Å². The zero-order valence-electron chi connectivity index (χ0n) is 32.4. The molecule has 0 atom stereocenters. The molecule has 9 aromatic rings. The summed E-state index contributed by atoms with van der Waals surface area (Å²) in [6.45, 7) is 0. The summed E-state index contributed by atoms with van der Waals surface area (Å²) in [4.78, 5) is 2.48. The zero-order valence-corrected chi connectivity index (χ0v) is 33.3. The Kier molecular flexibility index (Phi) is 7.13. The molecule has 1 aromatic heterocycles. The van der Waals surface area contributed by atoms with Crippen LogP contribution in [-0.2, 0) is 5.41 Å². The minimum atomic E-state index is 0.151. The van der Waals surface area contributed by atoms with Gasteiger partial charge in [0.2, 0.25) is 0 Å². The largest absolute Gasteiger partial charge is 0.310 e. The molecule has 4 saturated carbocycles. The fourth-order valence-corrected chi connectivity index (χ4v) is 13.9. The predicted octanol–water partition coefficient (Wildman–Crippen LogP) is 15.7. The molecule has 4 bridgehead atoms. The van der Waals surface area contributed by atoms with Crippen molar-refractivity contribution in [1.82, 2.24) is 0 Å². The van der Waals surface area contributed by atoms with E-state index in [-0.39, 0.29) is 5.41 Å². The molecule has 1 heterocycles. The molecule has 1 spiro atoms. The second-order valence-electron chi connectivity index (χ2n) is 17.7. The maximum atomic E-state index is 2.65. The van der Waals surface area contributed by atoms with Crippen molar-refractivity contribution in [2.45, 2.75) is 37.5 Å². The van der Waals surface area contributed by atoms with Gasteiger partial charge in [-0.3, -0.25) is 0 Å². The average molecular weight is 762 g/mol. The quantitative estimate of drug-likeness (QED) is 0.169. The first-order chi connectivity index (χ1) is 28.7. The van der Waals surface area contributed by atoms with Crippen molar-refractivity contribution in [2.75, 3.05) is 4.90 Å². The number of fused-ring (bicyclic) bond motifs is 7. The predicted molar refractivity (Wildman–Crippen MR) is 246 cm³/mol. The summed E-state index contributed by atoms with van der Waals surface area (Å²) in [6, 6.07) is 66.6. The van der Waals surface area contributed by atoms with Gasteiger partial charge in [0.05, 0.1) is 5.69 Å². The molecule has 0 N–H and O–H groups in total. The van der Waals surface area contributed by atoms with E-state index in [2.05, 4.69) is 181 Å². The molecule has 0 radical (unpaired) electrons. The fourth-order valence-electron chi connectivity index (χ4n) is 12.8. The number of thiophene rings is 1. The first-order valence-electron chi connectivity index (χ1n) is 21.3. The van der Waals surface area contributed by atoms with Crippen LogP contribution in [-0.4, -0.2) is 0 Å². The van der Waals surface area contributed by atoms with Crippen LogP contribution in [0.25, 0.3) is 64.3 Å². The Balaban J connectivity index is 0.986. The molecule has 0 aliphatic heterocycles. The highest BCUT2D eigenvalue weighted by Gasteiger charge is 2.61. The molecular formula is C56H43NS. The molecule has 8 aromatic carbocycles. The summed E-state index contributed by atoms with van der Waals surface area (Å²) < 4.78 is 2.65. The van der Waals surface area contributed by atoms with Crippen LogP contribution in [0.3, 0.4) is 0 Å². The van der Waals surface area contributed by atoms with E-state index in [9.17, 15) is 0 Å². The number of nitrogens with zero attached hydrogens (tertiary/aromatic N) is 1. The number of benzene rings is 8. The van der Waals surface area contributed by atoms with Gasteiger partial charge in [-0.15, -0.1) is 11.3 Å². The number of hydrogen-bond acceptors (Lipinski definition) is 2. The third-order valence-corrected chi connectivity index (χ3v) is 16.0. The minimum absolute atomic E-state index is 0.151. The summed E-state index contributed by atoms with van der Waals surface area (Å²) in [5.41, 5.74) is 15.0. The number of hydrogen-bond donors (Lipinski definition) is 0. The van der Waals surface area contributed by atoms with Crippen LogP contribution in [0.5, 0.6) is 0 Å². The van der Waals surface area contributed by atoms with E-state index >= 15 is 0 Å². The van der Waals surface area contributed by atoms with Crippen molar-refractivity contribution in [1.29, 1.82) is 0 Å². The third-order valence-electron chi connectivity index (χ3n) is 14.9. The van der Waals surface area contributed by atoms with Crippen LogP contribution in [0.15, 0.2) is 176 Å². The van der Waals surface area contributed by atoms with Crippen LogP contribution in [0.2, 0.25) is 0 Å². The fraction of sp³-hybridized carbons (Fsp3) is 0.179. The first kappa shape index (κ1) is 33.1. The van der Waals surface area contributed by atoms with Gasteiger partial charge < -0.3 is 4.90 Å². The highest BCUT2D eigenvalue weighted by molar-refractivity contribution is 7.25. The molecule has 278 valence electrons. The highest BCUT2D eigenvalue weighted by atomic mass is 32.1. The third kappa shape index (κ3) is 4.70. The summed E-state index contributed by atoms with van der Waals surface area (Å²) in [6.07, 6.45) is 7.08. The first-order valence-corrected chi connectivity index (χ1v) is 22.2. The zero-order chi connectivity index (χ0) is 38.0. The molecule has 4 fully saturated rings. The van der Waals surface area contributed by atoms with E-state index in [0.717, 1.165) is 29.4 Å². The van der Waals surface area contributed by atoms with Gasteiger partial charge in [-0.1, -0.05) is 127 Å². The Hall–Kier alpha value is -5.96. The van der Waals surface area contributed by atoms with Crippen LogP contribution < -0.4 is 4.90 Å². The standard InChI is InChI=1S/C56H43NS/c1-2-10-37(11-3-1)38-18-21-42(22-19-38)57(43-23-27-55-50(34-43)49-15-7-9-17-54(49)58-55)53-26-25-44(45-12-4-5-14-48(45)53)39-20-24-47-46-13-6-8-16-51(46)56(52(47)33-39)40-29-35-28-36(31-40)32-41(56)30-35/h1-27,33-36,40-41H,28-32H2. The molecule has 2 heteroatoms. The van der Waals surface area contributed by atoms with Gasteiger partial charge in [0, 0.05) is 42.3 Å². The van der Waals surface area contributed by atoms with Gasteiger partial charge in [-0.25, -0.2) is 0 Å². The van der Waals surface area contributed by atoms with E-state index in [1.54, 1.807) is 11.1 Å². The second kappa shape index (κ2) is 12.5. The SMILES string of the molecule is c1ccc(-c2ccc(N(c3ccc4sc5ccccc5c4c3)c3ccc(-c4ccc5c(c4)C4(c6ccccc6-5)C5CC6CC(C5)CC4C6)c4ccccc34)cc2)cc1. The van der Waals surface area contributed by atoms with Crippen molar-refractivity contribution in [2.24, 2.45) is 23.7 Å². The second-order valence-corrected chi connectivity index (χ2v) is 18.8. The van der Waals surface area contributed by atoms with Crippen molar-refractivity contribution >= 4 is 59.3 Å². The molecule has 1 nitrogen and oxygen atoms in total. The Morgan fingerprint density at radius 3 is 1.81 bits per heavy atom. The van der Waals surface area contributed by atoms with E-state index < -0.39 is 0 Å². The lowest BCUT2D eigenvalue weighted by molar-refractivity contribution is -0.0399. The molecule has 0 saturated heterocycles. The molecule has 0 amide bonds. The molecular weight excluding hydrogens is 719 g/mol. The van der Waals surface area contributed by atoms with E-state index in [4.69, 9.17) is 0 Å². The van der Waals surface area contributed by atoms with Crippen LogP contribution in [0, 0.1) is 23.7 Å². The summed E-state index contributed by atoms with van der Waals surface area (Å²) in [5, 5.41) is 5.18. The maximum Gasteiger partial charge on any atom is 0.0540 e. The summed E-state index contributed by atoms with van der Waals surface area (Å²) in [5.74, 6) is 3.36. The van der Waals surface area contributed by atoms with Crippen LogP contribution >= 0.6 is 11.3 Å². The average Bonchev–Trinajstić information content (AvgIpc) is 3.79. The highest BCUT2D eigenvalue weighted by Crippen LogP contribution is 2.69. The summed E-state index contributed by atoms with van der Waals surface area (Å²) in [7, 11) is 0. The van der Waals surface area contributed by atoms with Gasteiger partial charge in [0.25, 0.3) is 0 Å². The smallest absolute Gasteiger partial charge is 0.0540 e. The maximum absolute atomic E-state index is 2.65. The topological polar surface area (TPSA) is 3.24 Å². The lowest BCUT2D eigenvalue weighted by Crippen LogP contribution is -2.55. The normalized spacial score (nSPS) is 22.6. The number of rotatable bonds is 5. The van der Waals surface area contributed by atoms with Gasteiger partial charge in [0.1, 0.15) is 0 Å².